The van der Waals surface area contributed by atoms with E-state index >= 15 is 0 Å². The minimum Gasteiger partial charge on any atom is -0.489 e. The van der Waals surface area contributed by atoms with Crippen LogP contribution in [-0.4, -0.2) is 6.04 Å². The van der Waals surface area contributed by atoms with Crippen molar-refractivity contribution in [1.29, 1.82) is 0 Å². The van der Waals surface area contributed by atoms with Gasteiger partial charge in [-0.05, 0) is 55.7 Å². The second kappa shape index (κ2) is 7.05. The summed E-state index contributed by atoms with van der Waals surface area (Å²) in [4.78, 5) is 0. The second-order valence-corrected chi connectivity index (χ2v) is 6.27. The van der Waals surface area contributed by atoms with E-state index in [9.17, 15) is 4.39 Å². The van der Waals surface area contributed by atoms with E-state index in [0.717, 1.165) is 23.3 Å². The molecular formula is C17H19BrFNO. The third-order valence-electron chi connectivity index (χ3n) is 3.07. The average Bonchev–Trinajstić information content (AvgIpc) is 2.36. The van der Waals surface area contributed by atoms with Crippen LogP contribution in [0, 0.1) is 12.7 Å². The average molecular weight is 352 g/mol. The number of halogens is 2. The molecule has 2 N–H and O–H groups in total. The van der Waals surface area contributed by atoms with Crippen LogP contribution >= 0.6 is 15.9 Å². The first-order valence-corrected chi connectivity index (χ1v) is 7.66. The van der Waals surface area contributed by atoms with Gasteiger partial charge in [0.25, 0.3) is 0 Å². The van der Waals surface area contributed by atoms with Gasteiger partial charge in [0.2, 0.25) is 0 Å². The number of hydrogen-bond acceptors (Lipinski definition) is 2. The predicted molar refractivity (Wildman–Crippen MR) is 87.0 cm³/mol. The Labute approximate surface area is 133 Å². The van der Waals surface area contributed by atoms with Crippen LogP contribution in [-0.2, 0) is 13.0 Å². The maximum absolute atomic E-state index is 13.4. The van der Waals surface area contributed by atoms with Gasteiger partial charge >= 0.3 is 0 Å². The Kier molecular flexibility index (Phi) is 5.37. The first-order chi connectivity index (χ1) is 9.94. The SMILES string of the molecule is Cc1ccc(OCc2cc(F)cc(Br)c2)c(CC(C)N)c1. The minimum atomic E-state index is -0.275. The summed E-state index contributed by atoms with van der Waals surface area (Å²) in [6.07, 6.45) is 0.754. The summed E-state index contributed by atoms with van der Waals surface area (Å²) >= 11 is 3.28. The monoisotopic (exact) mass is 351 g/mol. The van der Waals surface area contributed by atoms with Gasteiger partial charge in [0, 0.05) is 10.5 Å². The molecule has 2 nitrogen and oxygen atoms in total. The van der Waals surface area contributed by atoms with E-state index < -0.39 is 0 Å². The molecule has 21 heavy (non-hydrogen) atoms. The fourth-order valence-corrected chi connectivity index (χ4v) is 2.72. The Balaban J connectivity index is 2.15. The zero-order valence-corrected chi connectivity index (χ0v) is 13.8. The summed E-state index contributed by atoms with van der Waals surface area (Å²) in [7, 11) is 0. The lowest BCUT2D eigenvalue weighted by Gasteiger charge is -2.14. The van der Waals surface area contributed by atoms with Crippen LogP contribution in [0.2, 0.25) is 0 Å². The third kappa shape index (κ3) is 4.83. The normalized spacial score (nSPS) is 12.2. The first kappa shape index (κ1) is 16.0. The number of benzene rings is 2. The van der Waals surface area contributed by atoms with Crippen LogP contribution in [0.3, 0.4) is 0 Å². The van der Waals surface area contributed by atoms with Gasteiger partial charge in [0.15, 0.2) is 0 Å². The molecule has 0 aromatic heterocycles. The molecule has 0 heterocycles. The quantitative estimate of drug-likeness (QED) is 0.868. The Bertz CT molecular complexity index is 608. The van der Waals surface area contributed by atoms with Crippen LogP contribution in [0.5, 0.6) is 5.75 Å². The third-order valence-corrected chi connectivity index (χ3v) is 3.53. The van der Waals surface area contributed by atoms with Crippen molar-refractivity contribution < 1.29 is 9.13 Å². The fraction of sp³-hybridized carbons (Fsp3) is 0.294. The van der Waals surface area contributed by atoms with Crippen molar-refractivity contribution in [2.24, 2.45) is 5.73 Å². The molecule has 0 radical (unpaired) electrons. The molecule has 0 spiro atoms. The van der Waals surface area contributed by atoms with Crippen LogP contribution in [0.25, 0.3) is 0 Å². The molecule has 2 aromatic rings. The Morgan fingerprint density at radius 2 is 2.00 bits per heavy atom. The van der Waals surface area contributed by atoms with E-state index in [-0.39, 0.29) is 11.9 Å². The zero-order valence-electron chi connectivity index (χ0n) is 12.2. The topological polar surface area (TPSA) is 35.2 Å². The van der Waals surface area contributed by atoms with Crippen molar-refractivity contribution in [1.82, 2.24) is 0 Å². The number of aryl methyl sites for hydroxylation is 1. The van der Waals surface area contributed by atoms with Crippen LogP contribution in [0.1, 0.15) is 23.6 Å². The first-order valence-electron chi connectivity index (χ1n) is 6.87. The van der Waals surface area contributed by atoms with Crippen molar-refractivity contribution in [3.8, 4) is 5.75 Å². The maximum atomic E-state index is 13.4. The van der Waals surface area contributed by atoms with E-state index in [2.05, 4.69) is 22.0 Å². The minimum absolute atomic E-state index is 0.0671. The van der Waals surface area contributed by atoms with Gasteiger partial charge in [-0.15, -0.1) is 0 Å². The van der Waals surface area contributed by atoms with Gasteiger partial charge in [-0.2, -0.15) is 0 Å². The Hall–Kier alpha value is -1.39. The predicted octanol–water partition coefficient (Wildman–Crippen LogP) is 4.37. The molecule has 1 unspecified atom stereocenters. The lowest BCUT2D eigenvalue weighted by molar-refractivity contribution is 0.301. The van der Waals surface area contributed by atoms with Gasteiger partial charge in [-0.1, -0.05) is 33.6 Å². The lowest BCUT2D eigenvalue weighted by Crippen LogP contribution is -2.18. The molecule has 0 saturated carbocycles. The van der Waals surface area contributed by atoms with Crippen molar-refractivity contribution in [2.75, 3.05) is 0 Å². The fourth-order valence-electron chi connectivity index (χ4n) is 2.21. The molecule has 0 fully saturated rings. The maximum Gasteiger partial charge on any atom is 0.124 e. The van der Waals surface area contributed by atoms with Gasteiger partial charge in [0.05, 0.1) is 0 Å². The number of rotatable bonds is 5. The lowest BCUT2D eigenvalue weighted by atomic mass is 10.0. The highest BCUT2D eigenvalue weighted by atomic mass is 79.9. The van der Waals surface area contributed by atoms with Crippen LogP contribution < -0.4 is 10.5 Å². The molecule has 112 valence electrons. The summed E-state index contributed by atoms with van der Waals surface area (Å²) in [5, 5.41) is 0. The van der Waals surface area contributed by atoms with E-state index in [1.165, 1.54) is 17.7 Å². The summed E-state index contributed by atoms with van der Waals surface area (Å²) in [6.45, 7) is 4.33. The Morgan fingerprint density at radius 1 is 1.24 bits per heavy atom. The van der Waals surface area contributed by atoms with Crippen molar-refractivity contribution in [2.45, 2.75) is 32.9 Å². The van der Waals surface area contributed by atoms with E-state index in [1.807, 2.05) is 32.0 Å². The van der Waals surface area contributed by atoms with Crippen molar-refractivity contribution in [3.63, 3.8) is 0 Å². The molecule has 0 aliphatic carbocycles. The van der Waals surface area contributed by atoms with Gasteiger partial charge in [-0.3, -0.25) is 0 Å². The van der Waals surface area contributed by atoms with Gasteiger partial charge < -0.3 is 10.5 Å². The summed E-state index contributed by atoms with van der Waals surface area (Å²) < 4.78 is 19.9. The van der Waals surface area contributed by atoms with Crippen molar-refractivity contribution >= 4 is 15.9 Å². The van der Waals surface area contributed by atoms with E-state index in [1.54, 1.807) is 0 Å². The molecular weight excluding hydrogens is 333 g/mol. The highest BCUT2D eigenvalue weighted by Gasteiger charge is 2.08. The van der Waals surface area contributed by atoms with Crippen LogP contribution in [0.4, 0.5) is 4.39 Å². The molecule has 0 saturated heterocycles. The second-order valence-electron chi connectivity index (χ2n) is 5.36. The summed E-state index contributed by atoms with van der Waals surface area (Å²) in [5.41, 5.74) is 8.92. The highest BCUT2D eigenvalue weighted by Crippen LogP contribution is 2.23. The molecule has 0 bridgehead atoms. The Morgan fingerprint density at radius 3 is 2.67 bits per heavy atom. The largest absolute Gasteiger partial charge is 0.489 e. The molecule has 2 aromatic carbocycles. The molecule has 4 heteroatoms. The summed E-state index contributed by atoms with van der Waals surface area (Å²) in [6, 6.07) is 10.9. The molecule has 1 atom stereocenters. The van der Waals surface area contributed by atoms with Crippen molar-refractivity contribution in [3.05, 3.63) is 63.4 Å². The molecule has 0 amide bonds. The van der Waals surface area contributed by atoms with Gasteiger partial charge in [0.1, 0.15) is 18.2 Å². The molecule has 0 aliphatic heterocycles. The molecule has 0 aliphatic rings. The molecule has 2 rings (SSSR count). The standard InChI is InChI=1S/C17H19BrFNO/c1-11-3-4-17(14(5-11)6-12(2)20)21-10-13-7-15(18)9-16(19)8-13/h3-5,7-9,12H,6,10,20H2,1-2H3. The number of hydrogen-bond donors (Lipinski definition) is 1. The van der Waals surface area contributed by atoms with Gasteiger partial charge in [-0.25, -0.2) is 4.39 Å². The number of ether oxygens (including phenoxy) is 1. The van der Waals surface area contributed by atoms with Crippen LogP contribution in [0.15, 0.2) is 40.9 Å². The highest BCUT2D eigenvalue weighted by molar-refractivity contribution is 9.10. The smallest absolute Gasteiger partial charge is 0.124 e. The summed E-state index contributed by atoms with van der Waals surface area (Å²) in [5.74, 6) is 0.529. The van der Waals surface area contributed by atoms with E-state index in [4.69, 9.17) is 10.5 Å². The van der Waals surface area contributed by atoms with E-state index in [0.29, 0.717) is 11.1 Å². The number of nitrogens with two attached hydrogens (primary N) is 1. The zero-order chi connectivity index (χ0) is 15.4.